The third kappa shape index (κ3) is 5.66. The van der Waals surface area contributed by atoms with Crippen LogP contribution in [0.4, 0.5) is 5.69 Å². The van der Waals surface area contributed by atoms with Crippen molar-refractivity contribution in [3.8, 4) is 5.75 Å². The lowest BCUT2D eigenvalue weighted by atomic mass is 10.2. The summed E-state index contributed by atoms with van der Waals surface area (Å²) in [5, 5.41) is 13.9. The molecule has 0 fully saturated rings. The van der Waals surface area contributed by atoms with Gasteiger partial charge in [-0.3, -0.25) is 9.59 Å². The number of aliphatic hydroxyl groups excluding tert-OH is 1. The minimum Gasteiger partial charge on any atom is -0.490 e. The van der Waals surface area contributed by atoms with E-state index in [9.17, 15) is 9.59 Å². The van der Waals surface area contributed by atoms with Crippen molar-refractivity contribution < 1.29 is 19.4 Å². The van der Waals surface area contributed by atoms with E-state index in [0.717, 1.165) is 0 Å². The predicted molar refractivity (Wildman–Crippen MR) is 80.1 cm³/mol. The maximum absolute atomic E-state index is 11.7. The molecule has 0 radical (unpaired) electrons. The number of hydrogen-bond acceptors (Lipinski definition) is 4. The molecule has 0 bridgehead atoms. The number of carbonyl (C=O) groups is 2. The Morgan fingerprint density at radius 3 is 2.52 bits per heavy atom. The van der Waals surface area contributed by atoms with Crippen LogP contribution in [0.5, 0.6) is 5.75 Å². The summed E-state index contributed by atoms with van der Waals surface area (Å²) in [6.45, 7) is 5.54. The number of benzene rings is 1. The van der Waals surface area contributed by atoms with E-state index in [1.54, 1.807) is 37.3 Å². The third-order valence-electron chi connectivity index (χ3n) is 2.73. The molecule has 0 aliphatic carbocycles. The Bertz CT molecular complexity index is 481. The van der Waals surface area contributed by atoms with Gasteiger partial charge in [0, 0.05) is 5.69 Å². The van der Waals surface area contributed by atoms with Crippen LogP contribution in [0.15, 0.2) is 36.9 Å². The first-order chi connectivity index (χ1) is 10.1. The van der Waals surface area contributed by atoms with E-state index in [4.69, 9.17) is 9.84 Å². The highest BCUT2D eigenvalue weighted by atomic mass is 16.5. The van der Waals surface area contributed by atoms with Crippen LogP contribution in [-0.4, -0.2) is 36.2 Å². The largest absolute Gasteiger partial charge is 0.490 e. The van der Waals surface area contributed by atoms with Crippen molar-refractivity contribution in [1.29, 1.82) is 0 Å². The number of hydrogen-bond donors (Lipinski definition) is 3. The van der Waals surface area contributed by atoms with E-state index in [2.05, 4.69) is 17.2 Å². The van der Waals surface area contributed by atoms with Crippen LogP contribution in [0, 0.1) is 0 Å². The van der Waals surface area contributed by atoms with E-state index in [1.165, 1.54) is 0 Å². The first-order valence-corrected chi connectivity index (χ1v) is 6.67. The van der Waals surface area contributed by atoms with Gasteiger partial charge >= 0.3 is 11.8 Å². The van der Waals surface area contributed by atoms with Crippen molar-refractivity contribution in [3.63, 3.8) is 0 Å². The van der Waals surface area contributed by atoms with Gasteiger partial charge in [0.2, 0.25) is 0 Å². The quantitative estimate of drug-likeness (QED) is 0.518. The van der Waals surface area contributed by atoms with Gasteiger partial charge in [-0.15, -0.1) is 0 Å². The Morgan fingerprint density at radius 1 is 1.33 bits per heavy atom. The molecule has 114 valence electrons. The molecule has 6 nitrogen and oxygen atoms in total. The summed E-state index contributed by atoms with van der Waals surface area (Å²) < 4.78 is 5.31. The third-order valence-corrected chi connectivity index (χ3v) is 2.73. The highest BCUT2D eigenvalue weighted by Crippen LogP contribution is 2.15. The molecule has 0 saturated heterocycles. The van der Waals surface area contributed by atoms with Crippen LogP contribution >= 0.6 is 0 Å². The summed E-state index contributed by atoms with van der Waals surface area (Å²) in [5.74, 6) is -0.909. The maximum Gasteiger partial charge on any atom is 0.313 e. The van der Waals surface area contributed by atoms with Crippen LogP contribution < -0.4 is 15.4 Å². The van der Waals surface area contributed by atoms with E-state index in [0.29, 0.717) is 24.5 Å². The van der Waals surface area contributed by atoms with Gasteiger partial charge in [0.1, 0.15) is 12.4 Å². The molecule has 0 aliphatic heterocycles. The van der Waals surface area contributed by atoms with Crippen LogP contribution in [0.1, 0.15) is 13.3 Å². The van der Waals surface area contributed by atoms with Gasteiger partial charge < -0.3 is 20.5 Å². The fraction of sp³-hybridized carbons (Fsp3) is 0.333. The number of rotatable bonds is 7. The lowest BCUT2D eigenvalue weighted by Gasteiger charge is -2.13. The van der Waals surface area contributed by atoms with Crippen LogP contribution in [0.3, 0.4) is 0 Å². The molecule has 1 aromatic rings. The molecule has 0 saturated carbocycles. The molecule has 1 rings (SSSR count). The number of aliphatic hydroxyl groups is 1. The van der Waals surface area contributed by atoms with Crippen molar-refractivity contribution in [3.05, 3.63) is 36.9 Å². The van der Waals surface area contributed by atoms with Gasteiger partial charge in [-0.2, -0.15) is 0 Å². The lowest BCUT2D eigenvalue weighted by Crippen LogP contribution is -2.43. The minimum atomic E-state index is -0.776. The topological polar surface area (TPSA) is 87.7 Å². The SMILES string of the molecule is C=CCOc1ccc(NC(=O)C(=O)N[C@@H](CC)CO)cc1. The number of carbonyl (C=O) groups excluding carboxylic acids is 2. The molecule has 0 aromatic heterocycles. The minimum absolute atomic E-state index is 0.204. The van der Waals surface area contributed by atoms with E-state index in [-0.39, 0.29) is 6.61 Å². The summed E-state index contributed by atoms with van der Waals surface area (Å²) in [4.78, 5) is 23.3. The zero-order valence-corrected chi connectivity index (χ0v) is 12.0. The first-order valence-electron chi connectivity index (χ1n) is 6.67. The molecule has 0 aliphatic rings. The zero-order valence-electron chi connectivity index (χ0n) is 12.0. The highest BCUT2D eigenvalue weighted by Gasteiger charge is 2.17. The fourth-order valence-corrected chi connectivity index (χ4v) is 1.51. The second-order valence-corrected chi connectivity index (χ2v) is 4.34. The zero-order chi connectivity index (χ0) is 15.7. The normalized spacial score (nSPS) is 11.3. The summed E-state index contributed by atoms with van der Waals surface area (Å²) in [6.07, 6.45) is 2.18. The number of nitrogens with one attached hydrogen (secondary N) is 2. The molecule has 21 heavy (non-hydrogen) atoms. The molecule has 1 atom stereocenters. The predicted octanol–water partition coefficient (Wildman–Crippen LogP) is 1.08. The van der Waals surface area contributed by atoms with Gasteiger partial charge in [-0.25, -0.2) is 0 Å². The van der Waals surface area contributed by atoms with Crippen molar-refractivity contribution >= 4 is 17.5 Å². The smallest absolute Gasteiger partial charge is 0.313 e. The fourth-order valence-electron chi connectivity index (χ4n) is 1.51. The summed E-state index contributed by atoms with van der Waals surface area (Å²) in [7, 11) is 0. The second kappa shape index (κ2) is 8.76. The van der Waals surface area contributed by atoms with Crippen LogP contribution in [0.25, 0.3) is 0 Å². The highest BCUT2D eigenvalue weighted by molar-refractivity contribution is 6.39. The second-order valence-electron chi connectivity index (χ2n) is 4.34. The molecule has 6 heteroatoms. The van der Waals surface area contributed by atoms with Crippen molar-refractivity contribution in [2.24, 2.45) is 0 Å². The Labute approximate surface area is 123 Å². The van der Waals surface area contributed by atoms with Gasteiger partial charge in [-0.1, -0.05) is 19.6 Å². The average Bonchev–Trinajstić information content (AvgIpc) is 2.51. The molecule has 2 amide bonds. The Hall–Kier alpha value is -2.34. The van der Waals surface area contributed by atoms with E-state index >= 15 is 0 Å². The Morgan fingerprint density at radius 2 is 2.00 bits per heavy atom. The average molecular weight is 292 g/mol. The van der Waals surface area contributed by atoms with Crippen LogP contribution in [-0.2, 0) is 9.59 Å². The monoisotopic (exact) mass is 292 g/mol. The molecule has 3 N–H and O–H groups in total. The summed E-state index contributed by atoms with van der Waals surface area (Å²) >= 11 is 0. The van der Waals surface area contributed by atoms with Crippen molar-refractivity contribution in [1.82, 2.24) is 5.32 Å². The van der Waals surface area contributed by atoms with Gasteiger partial charge in [0.05, 0.1) is 12.6 Å². The molecule has 0 heterocycles. The van der Waals surface area contributed by atoms with Crippen LogP contribution in [0.2, 0.25) is 0 Å². The van der Waals surface area contributed by atoms with Gasteiger partial charge in [-0.05, 0) is 30.7 Å². The van der Waals surface area contributed by atoms with Crippen molar-refractivity contribution in [2.75, 3.05) is 18.5 Å². The molecular formula is C15H20N2O4. The van der Waals surface area contributed by atoms with Gasteiger partial charge in [0.25, 0.3) is 0 Å². The standard InChI is InChI=1S/C15H20N2O4/c1-3-9-21-13-7-5-12(6-8-13)17-15(20)14(19)16-11(4-2)10-18/h3,5-8,11,18H,1,4,9-10H2,2H3,(H,16,19)(H,17,20)/t11-/m0/s1. The number of anilines is 1. The molecule has 1 aromatic carbocycles. The maximum atomic E-state index is 11.7. The summed E-state index contributed by atoms with van der Waals surface area (Å²) in [5.41, 5.74) is 0.484. The molecule has 0 spiro atoms. The van der Waals surface area contributed by atoms with Gasteiger partial charge in [0.15, 0.2) is 0 Å². The van der Waals surface area contributed by atoms with E-state index < -0.39 is 17.9 Å². The van der Waals surface area contributed by atoms with E-state index in [1.807, 2.05) is 0 Å². The lowest BCUT2D eigenvalue weighted by molar-refractivity contribution is -0.136. The molecule has 0 unspecified atom stereocenters. The van der Waals surface area contributed by atoms with Crippen molar-refractivity contribution in [2.45, 2.75) is 19.4 Å². The number of amides is 2. The summed E-state index contributed by atoms with van der Waals surface area (Å²) in [6, 6.07) is 6.21. The Balaban J connectivity index is 2.53. The Kier molecular flexibility index (Phi) is 6.97. The first kappa shape index (κ1) is 16.7. The number of ether oxygens (including phenoxy) is 1. The molecular weight excluding hydrogens is 272 g/mol.